The second kappa shape index (κ2) is 9.14. The number of benzene rings is 2. The van der Waals surface area contributed by atoms with Gasteiger partial charge in [-0.2, -0.15) is 5.26 Å². The molecule has 2 amide bonds. The Kier molecular flexibility index (Phi) is 6.12. The second-order valence-corrected chi connectivity index (χ2v) is 7.64. The lowest BCUT2D eigenvalue weighted by molar-refractivity contribution is -0.130. The summed E-state index contributed by atoms with van der Waals surface area (Å²) in [6.07, 6.45) is 1.47. The molecule has 2 heterocycles. The Labute approximate surface area is 184 Å². The van der Waals surface area contributed by atoms with Crippen molar-refractivity contribution >= 4 is 22.7 Å². The van der Waals surface area contributed by atoms with Crippen molar-refractivity contribution in [1.29, 1.82) is 5.26 Å². The van der Waals surface area contributed by atoms with Crippen LogP contribution in [0.3, 0.4) is 0 Å². The first kappa shape index (κ1) is 21.4. The van der Waals surface area contributed by atoms with Gasteiger partial charge in [0, 0.05) is 23.7 Å². The highest BCUT2D eigenvalue weighted by molar-refractivity contribution is 6.07. The Balaban J connectivity index is 1.51. The molecule has 32 heavy (non-hydrogen) atoms. The Hall–Kier alpha value is -3.80. The molecule has 2 aromatic carbocycles. The molecule has 0 spiro atoms. The highest BCUT2D eigenvalue weighted by Gasteiger charge is 2.28. The summed E-state index contributed by atoms with van der Waals surface area (Å²) in [5.74, 6) is -0.646. The normalized spacial score (nSPS) is 15.7. The maximum Gasteiger partial charge on any atom is 0.252 e. The number of aliphatic hydroxyl groups is 2. The molecule has 0 saturated carbocycles. The van der Waals surface area contributed by atoms with Crippen LogP contribution >= 0.6 is 0 Å². The number of aliphatic hydroxyl groups excluding tert-OH is 1. The second-order valence-electron chi connectivity index (χ2n) is 7.64. The maximum atomic E-state index is 12.8. The third-order valence-corrected chi connectivity index (χ3v) is 5.65. The van der Waals surface area contributed by atoms with E-state index in [1.165, 1.54) is 4.90 Å². The molecule has 8 nitrogen and oxygen atoms in total. The third-order valence-electron chi connectivity index (χ3n) is 5.65. The number of rotatable bonds is 5. The van der Waals surface area contributed by atoms with Gasteiger partial charge in [-0.05, 0) is 36.1 Å². The molecule has 0 unspecified atom stereocenters. The number of likely N-dealkylation sites (tertiary alicyclic amines) is 1. The van der Waals surface area contributed by atoms with Crippen molar-refractivity contribution in [3.63, 3.8) is 0 Å². The Morgan fingerprint density at radius 1 is 1.16 bits per heavy atom. The van der Waals surface area contributed by atoms with Crippen molar-refractivity contribution in [2.24, 2.45) is 0 Å². The van der Waals surface area contributed by atoms with Gasteiger partial charge in [0.1, 0.15) is 6.04 Å². The van der Waals surface area contributed by atoms with Gasteiger partial charge < -0.3 is 20.4 Å². The maximum absolute atomic E-state index is 12.8. The van der Waals surface area contributed by atoms with E-state index in [0.717, 1.165) is 17.5 Å². The summed E-state index contributed by atoms with van der Waals surface area (Å²) in [5, 5.41) is 30.9. The van der Waals surface area contributed by atoms with Crippen LogP contribution in [0, 0.1) is 11.3 Å². The van der Waals surface area contributed by atoms with Gasteiger partial charge in [0.15, 0.2) is 6.29 Å². The highest BCUT2D eigenvalue weighted by atomic mass is 16.5. The summed E-state index contributed by atoms with van der Waals surface area (Å²) in [4.78, 5) is 31.0. The molecule has 3 N–H and O–H groups in total. The van der Waals surface area contributed by atoms with E-state index in [4.69, 9.17) is 5.26 Å². The van der Waals surface area contributed by atoms with E-state index >= 15 is 0 Å². The van der Waals surface area contributed by atoms with E-state index in [1.807, 2.05) is 12.1 Å². The van der Waals surface area contributed by atoms with Crippen LogP contribution in [-0.4, -0.2) is 51.0 Å². The molecule has 1 aliphatic heterocycles. The van der Waals surface area contributed by atoms with Gasteiger partial charge in [0.05, 0.1) is 23.7 Å². The van der Waals surface area contributed by atoms with Crippen LogP contribution in [0.4, 0.5) is 0 Å². The number of pyridine rings is 1. The highest BCUT2D eigenvalue weighted by Crippen LogP contribution is 2.26. The van der Waals surface area contributed by atoms with Gasteiger partial charge in [-0.3, -0.25) is 14.6 Å². The number of nitrogens with zero attached hydrogens (tertiary/aromatic N) is 3. The summed E-state index contributed by atoms with van der Waals surface area (Å²) in [7, 11) is 0. The zero-order chi connectivity index (χ0) is 22.7. The number of hydrogen-bond acceptors (Lipinski definition) is 6. The Morgan fingerprint density at radius 3 is 2.62 bits per heavy atom. The standard InChI is InChI=1S/C24H22N4O4/c25-13-18-2-1-11-28(18)22(29)14-27-23(30)20-9-10-26-21-12-17(7-8-19(20)21)15-3-5-16(6-4-15)24(31)32/h3-10,12,18,24,31-32H,1-2,11,14H2,(H,27,30)/t18-/m0/s1. The van der Waals surface area contributed by atoms with Crippen LogP contribution in [0.1, 0.15) is 35.1 Å². The molecular weight excluding hydrogens is 408 g/mol. The molecule has 1 atom stereocenters. The van der Waals surface area contributed by atoms with Gasteiger partial charge in [-0.25, -0.2) is 0 Å². The predicted molar refractivity (Wildman–Crippen MR) is 117 cm³/mol. The Bertz CT molecular complexity index is 1200. The monoisotopic (exact) mass is 430 g/mol. The van der Waals surface area contributed by atoms with Crippen molar-refractivity contribution in [1.82, 2.24) is 15.2 Å². The fourth-order valence-corrected chi connectivity index (χ4v) is 3.93. The SMILES string of the molecule is N#C[C@@H]1CCCN1C(=O)CNC(=O)c1ccnc2cc(-c3ccc(C(O)O)cc3)ccc12. The summed E-state index contributed by atoms with van der Waals surface area (Å²) in [5.41, 5.74) is 3.17. The number of carbonyl (C=O) groups is 2. The molecular formula is C24H22N4O4. The van der Waals surface area contributed by atoms with E-state index in [-0.39, 0.29) is 18.4 Å². The molecule has 0 aliphatic carbocycles. The van der Waals surface area contributed by atoms with Crippen LogP contribution < -0.4 is 5.32 Å². The number of fused-ring (bicyclic) bond motifs is 1. The van der Waals surface area contributed by atoms with Crippen molar-refractivity contribution in [2.45, 2.75) is 25.2 Å². The molecule has 8 heteroatoms. The van der Waals surface area contributed by atoms with Crippen molar-refractivity contribution in [3.05, 3.63) is 65.9 Å². The lowest BCUT2D eigenvalue weighted by atomic mass is 10.0. The molecule has 1 aliphatic rings. The topological polar surface area (TPSA) is 127 Å². The third kappa shape index (κ3) is 4.30. The lowest BCUT2D eigenvalue weighted by Crippen LogP contribution is -2.42. The molecule has 162 valence electrons. The zero-order valence-corrected chi connectivity index (χ0v) is 17.2. The Morgan fingerprint density at radius 2 is 1.91 bits per heavy atom. The number of aromatic nitrogens is 1. The van der Waals surface area contributed by atoms with Gasteiger partial charge in [0.25, 0.3) is 5.91 Å². The van der Waals surface area contributed by atoms with Crippen molar-refractivity contribution in [2.75, 3.05) is 13.1 Å². The summed E-state index contributed by atoms with van der Waals surface area (Å²) in [6, 6.07) is 15.7. The summed E-state index contributed by atoms with van der Waals surface area (Å²) in [6.45, 7) is 0.369. The van der Waals surface area contributed by atoms with Crippen LogP contribution in [0.2, 0.25) is 0 Å². The first-order chi connectivity index (χ1) is 15.5. The van der Waals surface area contributed by atoms with E-state index in [1.54, 1.807) is 42.6 Å². The largest absolute Gasteiger partial charge is 0.364 e. The zero-order valence-electron chi connectivity index (χ0n) is 17.2. The number of hydrogen-bond donors (Lipinski definition) is 3. The lowest BCUT2D eigenvalue weighted by Gasteiger charge is -2.19. The van der Waals surface area contributed by atoms with Crippen molar-refractivity contribution in [3.8, 4) is 17.2 Å². The summed E-state index contributed by atoms with van der Waals surface area (Å²) < 4.78 is 0. The van der Waals surface area contributed by atoms with Crippen molar-refractivity contribution < 1.29 is 19.8 Å². The average molecular weight is 430 g/mol. The van der Waals surface area contributed by atoms with E-state index in [2.05, 4.69) is 16.4 Å². The van der Waals surface area contributed by atoms with Crippen LogP contribution in [0.5, 0.6) is 0 Å². The molecule has 3 aromatic rings. The molecule has 0 radical (unpaired) electrons. The fourth-order valence-electron chi connectivity index (χ4n) is 3.93. The fraction of sp³-hybridized carbons (Fsp3) is 0.250. The van der Waals surface area contributed by atoms with E-state index < -0.39 is 12.3 Å². The molecule has 4 rings (SSSR count). The molecule has 1 saturated heterocycles. The number of nitrogens with one attached hydrogen (secondary N) is 1. The molecule has 0 bridgehead atoms. The van der Waals surface area contributed by atoms with Gasteiger partial charge in [0.2, 0.25) is 5.91 Å². The van der Waals surface area contributed by atoms with Gasteiger partial charge in [-0.15, -0.1) is 0 Å². The molecule has 1 fully saturated rings. The smallest absolute Gasteiger partial charge is 0.252 e. The first-order valence-corrected chi connectivity index (χ1v) is 10.3. The van der Waals surface area contributed by atoms with E-state index in [9.17, 15) is 19.8 Å². The number of carbonyl (C=O) groups excluding carboxylic acids is 2. The first-order valence-electron chi connectivity index (χ1n) is 10.3. The number of amides is 2. The summed E-state index contributed by atoms with van der Waals surface area (Å²) >= 11 is 0. The number of nitriles is 1. The van der Waals surface area contributed by atoms with Gasteiger partial charge in [-0.1, -0.05) is 36.4 Å². The minimum absolute atomic E-state index is 0.165. The quantitative estimate of drug-likeness (QED) is 0.532. The van der Waals surface area contributed by atoms with Crippen LogP contribution in [0.15, 0.2) is 54.7 Å². The van der Waals surface area contributed by atoms with E-state index in [0.29, 0.717) is 35.0 Å². The average Bonchev–Trinajstić information content (AvgIpc) is 3.30. The van der Waals surface area contributed by atoms with Crippen LogP contribution in [0.25, 0.3) is 22.0 Å². The van der Waals surface area contributed by atoms with Gasteiger partial charge >= 0.3 is 0 Å². The van der Waals surface area contributed by atoms with Crippen LogP contribution in [-0.2, 0) is 4.79 Å². The predicted octanol–water partition coefficient (Wildman–Crippen LogP) is 2.13. The minimum Gasteiger partial charge on any atom is -0.364 e. The molecule has 1 aromatic heterocycles. The minimum atomic E-state index is -1.52.